The number of aryl methyl sites for hydroxylation is 4. The average Bonchev–Trinajstić information content (AvgIpc) is 1.50. The summed E-state index contributed by atoms with van der Waals surface area (Å²) in [4.78, 5) is 4.80. The molecule has 0 radical (unpaired) electrons. The van der Waals surface area contributed by atoms with Crippen molar-refractivity contribution in [3.05, 3.63) is 388 Å². The topological polar surface area (TPSA) is 61.9 Å². The molecule has 5 aliphatic rings. The smallest absolute Gasteiger partial charge is 0.127 e. The molecule has 3 unspecified atom stereocenters. The number of nitrogens with zero attached hydrogens (tertiary/aromatic N) is 2. The van der Waals surface area contributed by atoms with Crippen LogP contribution in [-0.2, 0) is 50.7 Å². The van der Waals surface area contributed by atoms with Crippen LogP contribution in [0.4, 0.5) is 34.1 Å². The van der Waals surface area contributed by atoms with E-state index in [2.05, 4.69) is 332 Å². The molecule has 0 fully saturated rings. The highest BCUT2D eigenvalue weighted by atomic mass is 16.5. The van der Waals surface area contributed by atoms with Crippen molar-refractivity contribution in [3.63, 3.8) is 0 Å². The molecule has 0 saturated heterocycles. The van der Waals surface area contributed by atoms with Crippen molar-refractivity contribution < 1.29 is 28.4 Å². The Hall–Kier alpha value is -11.9. The fraction of sp³-hybridized carbons (Fsp3) is 0.172. The van der Waals surface area contributed by atoms with Crippen LogP contribution in [0.5, 0.6) is 28.7 Å². The molecule has 8 heteroatoms. The molecule has 0 N–H and O–H groups in total. The van der Waals surface area contributed by atoms with Crippen molar-refractivity contribution in [2.75, 3.05) is 49.4 Å². The molecule has 0 saturated carbocycles. The average molecular weight is 1400 g/mol. The lowest BCUT2D eigenvalue weighted by atomic mass is 9.64. The minimum Gasteiger partial charge on any atom is -0.495 e. The minimum atomic E-state index is -0.716. The Morgan fingerprint density at radius 2 is 0.710 bits per heavy atom. The summed E-state index contributed by atoms with van der Waals surface area (Å²) in [6, 6.07) is 111. The quantitative estimate of drug-likeness (QED) is 0.0525. The normalized spacial score (nSPS) is 16.8. The molecule has 13 aromatic carbocycles. The van der Waals surface area contributed by atoms with Gasteiger partial charge in [0.05, 0.1) is 29.8 Å². The lowest BCUT2D eigenvalue weighted by Gasteiger charge is -2.39. The van der Waals surface area contributed by atoms with E-state index >= 15 is 0 Å². The zero-order valence-electron chi connectivity index (χ0n) is 60.7. The Labute approximate surface area is 628 Å². The van der Waals surface area contributed by atoms with Gasteiger partial charge in [-0.3, -0.25) is 0 Å². The van der Waals surface area contributed by atoms with Gasteiger partial charge in [-0.15, -0.1) is 0 Å². The summed E-state index contributed by atoms with van der Waals surface area (Å²) in [6.45, 7) is 9.70. The zero-order valence-corrected chi connectivity index (χ0v) is 60.7. The first-order chi connectivity index (χ1) is 52.8. The number of ether oxygens (including phenoxy) is 6. The van der Waals surface area contributed by atoms with E-state index in [1.165, 1.54) is 77.9 Å². The number of rotatable bonds is 25. The molecule has 107 heavy (non-hydrogen) atoms. The van der Waals surface area contributed by atoms with Gasteiger partial charge in [-0.05, 0) is 280 Å². The molecular formula is C99H84N2O6. The standard InChI is InChI=1S/C99H84N2O6/c1-4-102-58-60-104-84-49-34-74(35-50-84)98(75-36-51-85(52-37-75)106-87-47-32-70-24-26-72(70)63-87)93-22-14-12-20-89(93)91-55-45-82(65-95(91)98)100(78-16-8-6-9-17-78)80-41-28-68(29-42-80)69-30-43-81(44-31-69)101(79-18-10-7-11-19-79)83-46-56-92-90-21-13-15-23-94(90)99(96(92)66-83,77-40-57-97(67(3)62-77)105-61-59-103-5-2)76-38-53-86(54-39-76)107-88-48-33-71-25-27-73(71)64-88/h6-23,28-57,63-67H,4-5,24-27,58-62H2,1-3H3. The van der Waals surface area contributed by atoms with Crippen LogP contribution in [0, 0.1) is 5.92 Å². The van der Waals surface area contributed by atoms with E-state index in [-0.39, 0.29) is 5.92 Å². The first-order valence-electron chi connectivity index (χ1n) is 38.0. The van der Waals surface area contributed by atoms with Gasteiger partial charge in [-0.1, -0.05) is 188 Å². The molecule has 0 spiro atoms. The maximum Gasteiger partial charge on any atom is 0.127 e. The molecule has 0 bridgehead atoms. The van der Waals surface area contributed by atoms with Crippen LogP contribution in [0.3, 0.4) is 0 Å². The molecule has 3 atom stereocenters. The van der Waals surface area contributed by atoms with Gasteiger partial charge in [0.1, 0.15) is 42.0 Å². The lowest BCUT2D eigenvalue weighted by molar-refractivity contribution is 0.0740. The lowest BCUT2D eigenvalue weighted by Crippen LogP contribution is -2.32. The van der Waals surface area contributed by atoms with Gasteiger partial charge < -0.3 is 38.2 Å². The van der Waals surface area contributed by atoms with E-state index in [4.69, 9.17) is 28.4 Å². The highest BCUT2D eigenvalue weighted by Crippen LogP contribution is 2.61. The number of allylic oxidation sites excluding steroid dienone is 4. The van der Waals surface area contributed by atoms with Crippen LogP contribution in [0.15, 0.2) is 327 Å². The summed E-state index contributed by atoms with van der Waals surface area (Å²) in [5, 5.41) is 0. The predicted molar refractivity (Wildman–Crippen MR) is 433 cm³/mol. The van der Waals surface area contributed by atoms with Crippen molar-refractivity contribution in [1.82, 2.24) is 0 Å². The number of hydrogen-bond acceptors (Lipinski definition) is 8. The van der Waals surface area contributed by atoms with Gasteiger partial charge in [-0.2, -0.15) is 0 Å². The molecule has 0 aliphatic heterocycles. The van der Waals surface area contributed by atoms with Gasteiger partial charge in [0.2, 0.25) is 0 Å². The molecule has 0 heterocycles. The summed E-state index contributed by atoms with van der Waals surface area (Å²) in [5.74, 6) is 5.27. The third-order valence-corrected chi connectivity index (χ3v) is 22.5. The van der Waals surface area contributed by atoms with Gasteiger partial charge in [0.25, 0.3) is 0 Å². The van der Waals surface area contributed by atoms with Gasteiger partial charge in [0.15, 0.2) is 0 Å². The maximum absolute atomic E-state index is 6.62. The van der Waals surface area contributed by atoms with E-state index in [0.717, 1.165) is 123 Å². The second-order valence-electron chi connectivity index (χ2n) is 28.6. The van der Waals surface area contributed by atoms with Crippen LogP contribution in [0.2, 0.25) is 0 Å². The maximum atomic E-state index is 6.62. The van der Waals surface area contributed by atoms with Crippen LogP contribution in [-0.4, -0.2) is 39.6 Å². The van der Waals surface area contributed by atoms with Crippen molar-refractivity contribution in [2.45, 2.75) is 63.7 Å². The third kappa shape index (κ3) is 12.3. The highest BCUT2D eigenvalue weighted by Gasteiger charge is 2.50. The Kier molecular flexibility index (Phi) is 18.1. The number of fused-ring (bicyclic) bond motifs is 8. The molecular weight excluding hydrogens is 1310 g/mol. The number of benzene rings is 13. The van der Waals surface area contributed by atoms with Gasteiger partial charge >= 0.3 is 0 Å². The summed E-state index contributed by atoms with van der Waals surface area (Å²) in [5.41, 5.74) is 27.3. The Morgan fingerprint density at radius 3 is 1.17 bits per heavy atom. The molecule has 13 aromatic rings. The van der Waals surface area contributed by atoms with E-state index in [1.807, 2.05) is 13.8 Å². The van der Waals surface area contributed by atoms with Crippen molar-refractivity contribution in [2.24, 2.45) is 5.92 Å². The van der Waals surface area contributed by atoms with Gasteiger partial charge in [-0.25, -0.2) is 0 Å². The monoisotopic (exact) mass is 1400 g/mol. The predicted octanol–water partition coefficient (Wildman–Crippen LogP) is 24.1. The third-order valence-electron chi connectivity index (χ3n) is 22.5. The number of para-hydroxylation sites is 2. The second kappa shape index (κ2) is 28.8. The summed E-state index contributed by atoms with van der Waals surface area (Å²) >= 11 is 0. The Bertz CT molecular complexity index is 5480. The van der Waals surface area contributed by atoms with E-state index < -0.39 is 10.8 Å². The van der Waals surface area contributed by atoms with Crippen LogP contribution in [0.1, 0.15) is 88.4 Å². The van der Waals surface area contributed by atoms with Crippen molar-refractivity contribution >= 4 is 34.1 Å². The Morgan fingerprint density at radius 1 is 0.318 bits per heavy atom. The molecule has 526 valence electrons. The summed E-state index contributed by atoms with van der Waals surface area (Å²) in [6.07, 6.45) is 9.82. The fourth-order valence-corrected chi connectivity index (χ4v) is 17.2. The van der Waals surface area contributed by atoms with Crippen molar-refractivity contribution in [3.8, 4) is 62.1 Å². The SMILES string of the molecule is CCOCCOC1=CC=C(C2(c3ccc(Oc4ccc5c(c4)CC5)cc3)c3ccccc3-c3ccc(N(c4ccccc4)c4ccc(-c5ccc(N(c6ccccc6)c6ccc7c(c6)C(c6ccc(OCCOCC)cc6)(c6ccc(Oc8ccc9c(c8)CC9)cc6)c6ccccc6-7)cc5)cc4)cc32)CC1C. The molecule has 0 amide bonds. The largest absolute Gasteiger partial charge is 0.495 e. The van der Waals surface area contributed by atoms with Crippen LogP contribution < -0.4 is 24.0 Å². The molecule has 8 nitrogen and oxygen atoms in total. The van der Waals surface area contributed by atoms with Crippen molar-refractivity contribution in [1.29, 1.82) is 0 Å². The zero-order chi connectivity index (χ0) is 71.8. The van der Waals surface area contributed by atoms with E-state index in [1.54, 1.807) is 0 Å². The summed E-state index contributed by atoms with van der Waals surface area (Å²) < 4.78 is 37.3. The highest BCUT2D eigenvalue weighted by molar-refractivity contribution is 5.92. The first-order valence-corrected chi connectivity index (χ1v) is 38.0. The summed E-state index contributed by atoms with van der Waals surface area (Å²) in [7, 11) is 0. The minimum absolute atomic E-state index is 0.134. The van der Waals surface area contributed by atoms with Crippen LogP contribution in [0.25, 0.3) is 33.4 Å². The molecule has 18 rings (SSSR count). The number of hydrogen-bond donors (Lipinski definition) is 0. The van der Waals surface area contributed by atoms with Gasteiger partial charge in [0, 0.05) is 53.3 Å². The second-order valence-corrected chi connectivity index (χ2v) is 28.6. The number of anilines is 6. The molecule has 0 aromatic heterocycles. The van der Waals surface area contributed by atoms with E-state index in [0.29, 0.717) is 39.6 Å². The molecule has 5 aliphatic carbocycles. The van der Waals surface area contributed by atoms with E-state index in [9.17, 15) is 0 Å². The fourth-order valence-electron chi connectivity index (χ4n) is 17.2. The van der Waals surface area contributed by atoms with Crippen LogP contribution >= 0.6 is 0 Å². The first kappa shape index (κ1) is 67.0. The Balaban J connectivity index is 0.696.